The maximum Gasteiger partial charge on any atom is 0.142 e. The van der Waals surface area contributed by atoms with Crippen LogP contribution in [-0.4, -0.2) is 32.6 Å². The maximum atomic E-state index is 13.0. The molecule has 1 saturated heterocycles. The third kappa shape index (κ3) is 2.84. The Kier molecular flexibility index (Phi) is 3.71. The highest BCUT2D eigenvalue weighted by Gasteiger charge is 2.32. The molecule has 0 saturated carbocycles. The maximum absolute atomic E-state index is 13.0. The van der Waals surface area contributed by atoms with Gasteiger partial charge in [-0.25, -0.2) is 14.4 Å². The first kappa shape index (κ1) is 13.1. The van der Waals surface area contributed by atoms with E-state index in [9.17, 15) is 9.50 Å². The van der Waals surface area contributed by atoms with Crippen LogP contribution in [0.25, 0.3) is 0 Å². The molecule has 1 aromatic heterocycles. The van der Waals surface area contributed by atoms with Crippen molar-refractivity contribution in [1.82, 2.24) is 14.9 Å². The van der Waals surface area contributed by atoms with Gasteiger partial charge in [0, 0.05) is 25.0 Å². The van der Waals surface area contributed by atoms with Crippen LogP contribution in [0.4, 0.5) is 4.39 Å². The number of likely N-dealkylation sites (tertiary alicyclic amines) is 1. The van der Waals surface area contributed by atoms with Crippen LogP contribution in [0.1, 0.15) is 23.9 Å². The van der Waals surface area contributed by atoms with Crippen molar-refractivity contribution < 1.29 is 9.50 Å². The van der Waals surface area contributed by atoms with Gasteiger partial charge in [-0.3, -0.25) is 4.90 Å². The highest BCUT2D eigenvalue weighted by atomic mass is 19.1. The molecule has 1 aromatic carbocycles. The van der Waals surface area contributed by atoms with Crippen molar-refractivity contribution in [3.8, 4) is 0 Å². The zero-order valence-electron chi connectivity index (χ0n) is 11.0. The molecule has 4 nitrogen and oxygen atoms in total. The molecule has 2 atom stereocenters. The van der Waals surface area contributed by atoms with Gasteiger partial charge in [0.1, 0.15) is 11.6 Å². The highest BCUT2D eigenvalue weighted by molar-refractivity contribution is 5.21. The standard InChI is InChI=1S/C15H16FN3O/c16-12-4-2-11(3-5-12)14-8-13(20)9-19(14)10-15-17-6-1-7-18-15/h1-7,13-14,20H,8-10H2/t13-,14+/m1/s1. The number of β-amino-alcohol motifs (C(OH)–C–C–N with tert-alkyl or cyclic N) is 1. The summed E-state index contributed by atoms with van der Waals surface area (Å²) in [7, 11) is 0. The van der Waals surface area contributed by atoms with Gasteiger partial charge in [0.15, 0.2) is 0 Å². The number of hydrogen-bond acceptors (Lipinski definition) is 4. The predicted molar refractivity (Wildman–Crippen MR) is 72.2 cm³/mol. The molecule has 5 heteroatoms. The SMILES string of the molecule is O[C@@H]1C[C@@H](c2ccc(F)cc2)N(Cc2ncccn2)C1. The van der Waals surface area contributed by atoms with Crippen molar-refractivity contribution in [2.24, 2.45) is 0 Å². The normalized spacial score (nSPS) is 23.1. The van der Waals surface area contributed by atoms with Crippen LogP contribution in [-0.2, 0) is 6.54 Å². The lowest BCUT2D eigenvalue weighted by Crippen LogP contribution is -2.25. The van der Waals surface area contributed by atoms with Gasteiger partial charge >= 0.3 is 0 Å². The Morgan fingerprint density at radius 1 is 1.20 bits per heavy atom. The van der Waals surface area contributed by atoms with E-state index in [1.54, 1.807) is 30.6 Å². The van der Waals surface area contributed by atoms with Crippen molar-refractivity contribution in [1.29, 1.82) is 0 Å². The molecule has 1 aliphatic rings. The van der Waals surface area contributed by atoms with E-state index in [-0.39, 0.29) is 18.0 Å². The molecule has 1 N–H and O–H groups in total. The Labute approximate surface area is 116 Å². The zero-order valence-corrected chi connectivity index (χ0v) is 11.0. The number of benzene rings is 1. The zero-order chi connectivity index (χ0) is 13.9. The van der Waals surface area contributed by atoms with Gasteiger partial charge in [-0.15, -0.1) is 0 Å². The number of rotatable bonds is 3. The number of nitrogens with zero attached hydrogens (tertiary/aromatic N) is 3. The molecule has 0 unspecified atom stereocenters. The van der Waals surface area contributed by atoms with E-state index >= 15 is 0 Å². The second-order valence-electron chi connectivity index (χ2n) is 5.05. The first-order valence-electron chi connectivity index (χ1n) is 6.66. The topological polar surface area (TPSA) is 49.2 Å². The van der Waals surface area contributed by atoms with E-state index < -0.39 is 0 Å². The predicted octanol–water partition coefficient (Wildman–Crippen LogP) is 1.92. The van der Waals surface area contributed by atoms with E-state index in [2.05, 4.69) is 14.9 Å². The van der Waals surface area contributed by atoms with Gasteiger partial charge in [0.2, 0.25) is 0 Å². The second kappa shape index (κ2) is 5.64. The number of halogens is 1. The van der Waals surface area contributed by atoms with Crippen LogP contribution in [0.15, 0.2) is 42.7 Å². The molecule has 20 heavy (non-hydrogen) atoms. The fourth-order valence-electron chi connectivity index (χ4n) is 2.68. The van der Waals surface area contributed by atoms with E-state index in [1.807, 2.05) is 0 Å². The van der Waals surface area contributed by atoms with Gasteiger partial charge < -0.3 is 5.11 Å². The van der Waals surface area contributed by atoms with E-state index in [4.69, 9.17) is 0 Å². The smallest absolute Gasteiger partial charge is 0.142 e. The van der Waals surface area contributed by atoms with Crippen LogP contribution in [0, 0.1) is 5.82 Å². The van der Waals surface area contributed by atoms with Crippen LogP contribution < -0.4 is 0 Å². The minimum atomic E-state index is -0.367. The monoisotopic (exact) mass is 273 g/mol. The number of hydrogen-bond donors (Lipinski definition) is 1. The average molecular weight is 273 g/mol. The van der Waals surface area contributed by atoms with Crippen molar-refractivity contribution >= 4 is 0 Å². The Bertz CT molecular complexity index is 561. The third-order valence-electron chi connectivity index (χ3n) is 3.60. The summed E-state index contributed by atoms with van der Waals surface area (Å²) in [6.07, 6.45) is 3.70. The van der Waals surface area contributed by atoms with Crippen LogP contribution in [0.5, 0.6) is 0 Å². The van der Waals surface area contributed by atoms with Crippen molar-refractivity contribution in [3.63, 3.8) is 0 Å². The van der Waals surface area contributed by atoms with Crippen molar-refractivity contribution in [3.05, 3.63) is 59.9 Å². The molecular weight excluding hydrogens is 257 g/mol. The molecule has 1 aliphatic heterocycles. The summed E-state index contributed by atoms with van der Waals surface area (Å²) < 4.78 is 13.0. The average Bonchev–Trinajstić information content (AvgIpc) is 2.81. The summed E-state index contributed by atoms with van der Waals surface area (Å²) >= 11 is 0. The number of aliphatic hydroxyl groups excluding tert-OH is 1. The van der Waals surface area contributed by atoms with Gasteiger partial charge in [0.05, 0.1) is 12.6 Å². The number of aromatic nitrogens is 2. The molecule has 0 bridgehead atoms. The Hall–Kier alpha value is -1.85. The Morgan fingerprint density at radius 2 is 1.90 bits per heavy atom. The molecule has 0 aliphatic carbocycles. The Morgan fingerprint density at radius 3 is 2.60 bits per heavy atom. The molecule has 0 radical (unpaired) electrons. The fraction of sp³-hybridized carbons (Fsp3) is 0.333. The molecule has 2 heterocycles. The lowest BCUT2D eigenvalue weighted by Gasteiger charge is -2.23. The molecule has 3 rings (SSSR count). The summed E-state index contributed by atoms with van der Waals surface area (Å²) in [6, 6.07) is 8.32. The molecule has 2 aromatic rings. The van der Waals surface area contributed by atoms with Crippen molar-refractivity contribution in [2.75, 3.05) is 6.54 Å². The third-order valence-corrected chi connectivity index (χ3v) is 3.60. The molecule has 104 valence electrons. The summed E-state index contributed by atoms with van der Waals surface area (Å²) in [5.41, 5.74) is 1.01. The Balaban J connectivity index is 1.80. The van der Waals surface area contributed by atoms with Gasteiger partial charge in [-0.1, -0.05) is 12.1 Å². The van der Waals surface area contributed by atoms with Crippen LogP contribution in [0.2, 0.25) is 0 Å². The largest absolute Gasteiger partial charge is 0.392 e. The van der Waals surface area contributed by atoms with Crippen LogP contribution >= 0.6 is 0 Å². The van der Waals surface area contributed by atoms with Crippen molar-refractivity contribution in [2.45, 2.75) is 25.1 Å². The summed E-state index contributed by atoms with van der Waals surface area (Å²) in [5.74, 6) is 0.485. The first-order valence-corrected chi connectivity index (χ1v) is 6.66. The van der Waals surface area contributed by atoms with E-state index in [1.165, 1.54) is 12.1 Å². The van der Waals surface area contributed by atoms with E-state index in [0.29, 0.717) is 19.5 Å². The summed E-state index contributed by atoms with van der Waals surface area (Å²) in [5, 5.41) is 9.91. The first-order chi connectivity index (χ1) is 9.72. The lowest BCUT2D eigenvalue weighted by molar-refractivity contribution is 0.171. The quantitative estimate of drug-likeness (QED) is 0.928. The summed E-state index contributed by atoms with van der Waals surface area (Å²) in [4.78, 5) is 10.6. The summed E-state index contributed by atoms with van der Waals surface area (Å²) in [6.45, 7) is 1.17. The van der Waals surface area contributed by atoms with Gasteiger partial charge in [-0.2, -0.15) is 0 Å². The van der Waals surface area contributed by atoms with Gasteiger partial charge in [-0.05, 0) is 30.2 Å². The second-order valence-corrected chi connectivity index (χ2v) is 5.05. The molecular formula is C15H16FN3O. The van der Waals surface area contributed by atoms with Crippen LogP contribution in [0.3, 0.4) is 0 Å². The number of aliphatic hydroxyl groups is 1. The molecule has 0 amide bonds. The molecule has 0 spiro atoms. The van der Waals surface area contributed by atoms with Gasteiger partial charge in [0.25, 0.3) is 0 Å². The lowest BCUT2D eigenvalue weighted by atomic mass is 10.0. The molecule has 1 fully saturated rings. The minimum absolute atomic E-state index is 0.0782. The fourth-order valence-corrected chi connectivity index (χ4v) is 2.68. The van der Waals surface area contributed by atoms with E-state index in [0.717, 1.165) is 11.4 Å². The highest BCUT2D eigenvalue weighted by Crippen LogP contribution is 2.32. The minimum Gasteiger partial charge on any atom is -0.392 e.